The lowest BCUT2D eigenvalue weighted by Gasteiger charge is -2.13. The molecular weight excluding hydrogens is 380 g/mol. The Morgan fingerprint density at radius 1 is 1.10 bits per heavy atom. The number of amides is 1. The molecule has 3 aromatic rings. The second-order valence-corrected chi connectivity index (χ2v) is 6.89. The average molecular weight is 404 g/mol. The third-order valence-electron chi connectivity index (χ3n) is 4.27. The van der Waals surface area contributed by atoms with Crippen LogP contribution in [-0.4, -0.2) is 42.4 Å². The first kappa shape index (κ1) is 20.9. The van der Waals surface area contributed by atoms with Gasteiger partial charge in [-0.15, -0.1) is 0 Å². The summed E-state index contributed by atoms with van der Waals surface area (Å²) < 4.78 is 6.78. The molecular formula is C23H24N4O3. The zero-order valence-corrected chi connectivity index (χ0v) is 17.0. The highest BCUT2D eigenvalue weighted by molar-refractivity contribution is 5.94. The van der Waals surface area contributed by atoms with E-state index in [2.05, 4.69) is 10.4 Å². The molecule has 1 heterocycles. The molecule has 0 fully saturated rings. The number of rotatable bonds is 8. The minimum absolute atomic E-state index is 0.355. The second-order valence-electron chi connectivity index (χ2n) is 6.89. The van der Waals surface area contributed by atoms with Crippen molar-refractivity contribution in [1.82, 2.24) is 9.78 Å². The number of hydrogen-bond donors (Lipinski definition) is 1. The number of carbonyl (C=O) groups excluding carboxylic acids is 2. The van der Waals surface area contributed by atoms with Gasteiger partial charge in [0.15, 0.2) is 6.61 Å². The Bertz CT molecular complexity index is 1010. The fourth-order valence-electron chi connectivity index (χ4n) is 2.71. The van der Waals surface area contributed by atoms with Crippen LogP contribution in [0.4, 0.5) is 11.4 Å². The molecule has 2 aromatic carbocycles. The normalized spacial score (nSPS) is 10.7. The van der Waals surface area contributed by atoms with Gasteiger partial charge in [-0.3, -0.25) is 9.48 Å². The van der Waals surface area contributed by atoms with Gasteiger partial charge in [-0.1, -0.05) is 30.3 Å². The summed E-state index contributed by atoms with van der Waals surface area (Å²) in [5, 5.41) is 6.97. The van der Waals surface area contributed by atoms with Crippen LogP contribution in [0.25, 0.3) is 6.08 Å². The monoisotopic (exact) mass is 404 g/mol. The van der Waals surface area contributed by atoms with Crippen molar-refractivity contribution in [2.75, 3.05) is 30.9 Å². The first-order valence-corrected chi connectivity index (χ1v) is 9.48. The van der Waals surface area contributed by atoms with Crippen molar-refractivity contribution in [3.8, 4) is 0 Å². The van der Waals surface area contributed by atoms with E-state index in [0.717, 1.165) is 16.8 Å². The molecule has 154 valence electrons. The quantitative estimate of drug-likeness (QED) is 0.461. The van der Waals surface area contributed by atoms with Crippen LogP contribution in [0, 0.1) is 0 Å². The molecule has 0 aliphatic carbocycles. The van der Waals surface area contributed by atoms with Crippen molar-refractivity contribution >= 4 is 29.3 Å². The fourth-order valence-corrected chi connectivity index (χ4v) is 2.71. The van der Waals surface area contributed by atoms with E-state index in [0.29, 0.717) is 12.2 Å². The van der Waals surface area contributed by atoms with Crippen LogP contribution in [0.15, 0.2) is 73.1 Å². The third kappa shape index (κ3) is 6.34. The summed E-state index contributed by atoms with van der Waals surface area (Å²) in [7, 11) is 3.88. The van der Waals surface area contributed by atoms with Gasteiger partial charge in [0.1, 0.15) is 0 Å². The van der Waals surface area contributed by atoms with Gasteiger partial charge in [-0.25, -0.2) is 4.79 Å². The van der Waals surface area contributed by atoms with E-state index in [1.54, 1.807) is 29.1 Å². The van der Waals surface area contributed by atoms with Crippen molar-refractivity contribution in [3.05, 3.63) is 84.2 Å². The van der Waals surface area contributed by atoms with Crippen LogP contribution in [-0.2, 0) is 20.9 Å². The first-order chi connectivity index (χ1) is 14.5. The Kier molecular flexibility index (Phi) is 7.00. The maximum Gasteiger partial charge on any atom is 0.331 e. The number of ether oxygens (including phenoxy) is 1. The van der Waals surface area contributed by atoms with Crippen molar-refractivity contribution in [2.45, 2.75) is 6.54 Å². The molecule has 7 heteroatoms. The Balaban J connectivity index is 1.44. The minimum atomic E-state index is -0.594. The van der Waals surface area contributed by atoms with Crippen LogP contribution in [0.2, 0.25) is 0 Å². The lowest BCUT2D eigenvalue weighted by atomic mass is 10.2. The summed E-state index contributed by atoms with van der Waals surface area (Å²) in [6, 6.07) is 17.3. The van der Waals surface area contributed by atoms with Crippen molar-refractivity contribution in [2.24, 2.45) is 0 Å². The molecule has 0 radical (unpaired) electrons. The van der Waals surface area contributed by atoms with E-state index in [9.17, 15) is 9.59 Å². The molecule has 0 atom stereocenters. The highest BCUT2D eigenvalue weighted by atomic mass is 16.5. The molecule has 0 aliphatic heterocycles. The molecule has 1 N–H and O–H groups in total. The molecule has 1 amide bonds. The Morgan fingerprint density at radius 2 is 1.83 bits per heavy atom. The van der Waals surface area contributed by atoms with Gasteiger partial charge in [0.2, 0.25) is 0 Å². The molecule has 0 aliphatic rings. The number of anilines is 2. The lowest BCUT2D eigenvalue weighted by molar-refractivity contribution is -0.142. The predicted octanol–water partition coefficient (Wildman–Crippen LogP) is 3.19. The number of hydrogen-bond acceptors (Lipinski definition) is 5. The van der Waals surface area contributed by atoms with Gasteiger partial charge >= 0.3 is 5.97 Å². The van der Waals surface area contributed by atoms with Crippen LogP contribution < -0.4 is 10.2 Å². The Labute approximate surface area is 175 Å². The molecule has 3 rings (SSSR count). The topological polar surface area (TPSA) is 76.5 Å². The average Bonchev–Trinajstić information content (AvgIpc) is 3.19. The van der Waals surface area contributed by atoms with E-state index in [4.69, 9.17) is 4.74 Å². The van der Waals surface area contributed by atoms with Crippen molar-refractivity contribution in [3.63, 3.8) is 0 Å². The summed E-state index contributed by atoms with van der Waals surface area (Å²) >= 11 is 0. The van der Waals surface area contributed by atoms with E-state index in [1.807, 2.05) is 67.7 Å². The Hall–Kier alpha value is -3.87. The van der Waals surface area contributed by atoms with Crippen LogP contribution in [0.1, 0.15) is 11.1 Å². The summed E-state index contributed by atoms with van der Waals surface area (Å²) in [6.45, 7) is 0.292. The van der Waals surface area contributed by atoms with Crippen LogP contribution in [0.3, 0.4) is 0 Å². The highest BCUT2D eigenvalue weighted by Gasteiger charge is 2.06. The maximum atomic E-state index is 12.0. The molecule has 7 nitrogen and oxygen atoms in total. The van der Waals surface area contributed by atoms with Gasteiger partial charge in [0, 0.05) is 43.3 Å². The predicted molar refractivity (Wildman–Crippen MR) is 117 cm³/mol. The summed E-state index contributed by atoms with van der Waals surface area (Å²) in [5.74, 6) is -0.992. The van der Waals surface area contributed by atoms with Crippen LogP contribution >= 0.6 is 0 Å². The summed E-state index contributed by atoms with van der Waals surface area (Å²) in [5.41, 5.74) is 3.57. The first-order valence-electron chi connectivity index (χ1n) is 9.48. The lowest BCUT2D eigenvalue weighted by Crippen LogP contribution is -2.20. The number of aromatic nitrogens is 2. The largest absolute Gasteiger partial charge is 0.452 e. The van der Waals surface area contributed by atoms with E-state index in [1.165, 1.54) is 6.08 Å². The Morgan fingerprint density at radius 3 is 2.53 bits per heavy atom. The summed E-state index contributed by atoms with van der Waals surface area (Å²) in [6.07, 6.45) is 6.38. The smallest absolute Gasteiger partial charge is 0.331 e. The molecule has 0 spiro atoms. The van der Waals surface area contributed by atoms with E-state index in [-0.39, 0.29) is 6.61 Å². The van der Waals surface area contributed by atoms with Crippen molar-refractivity contribution < 1.29 is 14.3 Å². The number of carbonyl (C=O) groups is 2. The standard InChI is InChI=1S/C23H24N4O3/c1-26(2)21-11-9-20(10-12-21)25-22(28)17-30-23(29)13-8-19-14-24-27(16-19)15-18-6-4-3-5-7-18/h3-14,16H,15,17H2,1-2H3,(H,25,28)/b13-8+. The van der Waals surface area contributed by atoms with Gasteiger partial charge in [-0.05, 0) is 35.9 Å². The molecule has 0 saturated heterocycles. The highest BCUT2D eigenvalue weighted by Crippen LogP contribution is 2.15. The van der Waals surface area contributed by atoms with E-state index < -0.39 is 11.9 Å². The van der Waals surface area contributed by atoms with Gasteiger partial charge in [-0.2, -0.15) is 5.10 Å². The van der Waals surface area contributed by atoms with Crippen LogP contribution in [0.5, 0.6) is 0 Å². The SMILES string of the molecule is CN(C)c1ccc(NC(=O)COC(=O)/C=C/c2cnn(Cc3ccccc3)c2)cc1. The molecule has 30 heavy (non-hydrogen) atoms. The second kappa shape index (κ2) is 10.1. The maximum absolute atomic E-state index is 12.0. The van der Waals surface area contributed by atoms with Gasteiger partial charge < -0.3 is 15.0 Å². The van der Waals surface area contributed by atoms with Crippen molar-refractivity contribution in [1.29, 1.82) is 0 Å². The summed E-state index contributed by atoms with van der Waals surface area (Å²) in [4.78, 5) is 25.8. The number of nitrogens with zero attached hydrogens (tertiary/aromatic N) is 3. The molecule has 0 unspecified atom stereocenters. The van der Waals surface area contributed by atoms with Gasteiger partial charge in [0.25, 0.3) is 5.91 Å². The fraction of sp³-hybridized carbons (Fsp3) is 0.174. The zero-order valence-electron chi connectivity index (χ0n) is 17.0. The molecule has 0 bridgehead atoms. The molecule has 1 aromatic heterocycles. The minimum Gasteiger partial charge on any atom is -0.452 e. The van der Waals surface area contributed by atoms with Gasteiger partial charge in [0.05, 0.1) is 12.7 Å². The number of benzene rings is 2. The van der Waals surface area contributed by atoms with E-state index >= 15 is 0 Å². The number of esters is 1. The zero-order chi connectivity index (χ0) is 21.3. The molecule has 0 saturated carbocycles. The number of nitrogens with one attached hydrogen (secondary N) is 1. The third-order valence-corrected chi connectivity index (χ3v) is 4.27.